The lowest BCUT2D eigenvalue weighted by Gasteiger charge is -2.11. The minimum Gasteiger partial charge on any atom is -0.484 e. The van der Waals surface area contributed by atoms with E-state index in [0.717, 1.165) is 15.2 Å². The highest BCUT2D eigenvalue weighted by molar-refractivity contribution is 9.10. The Morgan fingerprint density at radius 1 is 1.15 bits per heavy atom. The molecule has 2 heterocycles. The Morgan fingerprint density at radius 3 is 2.85 bits per heavy atom. The van der Waals surface area contributed by atoms with Crippen LogP contribution in [-0.4, -0.2) is 32.3 Å². The van der Waals surface area contributed by atoms with Gasteiger partial charge in [-0.3, -0.25) is 4.79 Å². The van der Waals surface area contributed by atoms with E-state index in [-0.39, 0.29) is 12.5 Å². The van der Waals surface area contributed by atoms with Gasteiger partial charge in [0.2, 0.25) is 0 Å². The van der Waals surface area contributed by atoms with Crippen molar-refractivity contribution in [1.29, 1.82) is 0 Å². The van der Waals surface area contributed by atoms with Crippen molar-refractivity contribution in [3.8, 4) is 11.6 Å². The number of nitrogens with one attached hydrogen (secondary N) is 1. The smallest absolute Gasteiger partial charge is 0.262 e. The van der Waals surface area contributed by atoms with Gasteiger partial charge in [0.25, 0.3) is 5.91 Å². The maximum Gasteiger partial charge on any atom is 0.262 e. The van der Waals surface area contributed by atoms with Gasteiger partial charge in [-0.15, -0.1) is 0 Å². The van der Waals surface area contributed by atoms with Gasteiger partial charge in [-0.1, -0.05) is 28.1 Å². The van der Waals surface area contributed by atoms with Gasteiger partial charge in [0.1, 0.15) is 18.4 Å². The number of amides is 1. The Kier molecular flexibility index (Phi) is 4.80. The molecule has 0 unspecified atom stereocenters. The zero-order valence-corrected chi connectivity index (χ0v) is 15.6. The van der Waals surface area contributed by atoms with Crippen molar-refractivity contribution in [3.05, 3.63) is 71.9 Å². The van der Waals surface area contributed by atoms with Gasteiger partial charge in [0, 0.05) is 10.7 Å². The molecule has 7 nitrogen and oxygen atoms in total. The molecule has 27 heavy (non-hydrogen) atoms. The van der Waals surface area contributed by atoms with Crippen LogP contribution in [0.2, 0.25) is 0 Å². The number of fused-ring (bicyclic) bond motifs is 1. The molecule has 1 N–H and O–H groups in total. The van der Waals surface area contributed by atoms with E-state index in [2.05, 4.69) is 36.3 Å². The predicted molar refractivity (Wildman–Crippen MR) is 105 cm³/mol. The fourth-order valence-corrected chi connectivity index (χ4v) is 2.99. The molecule has 0 bridgehead atoms. The number of pyridine rings is 1. The van der Waals surface area contributed by atoms with E-state index in [1.807, 2.05) is 36.4 Å². The first-order valence-corrected chi connectivity index (χ1v) is 8.90. The van der Waals surface area contributed by atoms with Crippen molar-refractivity contribution in [2.24, 2.45) is 0 Å². The molecule has 0 saturated heterocycles. The number of nitrogens with zero attached hydrogens (tertiary/aromatic N) is 4. The van der Waals surface area contributed by atoms with Crippen molar-refractivity contribution in [2.75, 3.05) is 11.9 Å². The third-order valence-electron chi connectivity index (χ3n) is 3.84. The molecule has 0 spiro atoms. The topological polar surface area (TPSA) is 81.9 Å². The molecule has 4 rings (SSSR count). The Balaban J connectivity index is 1.44. The highest BCUT2D eigenvalue weighted by Crippen LogP contribution is 2.24. The van der Waals surface area contributed by atoms with E-state index in [9.17, 15) is 4.79 Å². The molecule has 1 amide bonds. The minimum absolute atomic E-state index is 0.117. The van der Waals surface area contributed by atoms with Crippen LogP contribution in [0.15, 0.2) is 71.9 Å². The summed E-state index contributed by atoms with van der Waals surface area (Å²) in [4.78, 5) is 20.4. The lowest BCUT2D eigenvalue weighted by atomic mass is 10.1. The Hall–Kier alpha value is -3.26. The van der Waals surface area contributed by atoms with Crippen LogP contribution in [0.3, 0.4) is 0 Å². The highest BCUT2D eigenvalue weighted by Gasteiger charge is 2.10. The fourth-order valence-electron chi connectivity index (χ4n) is 2.61. The standard InChI is InChI=1S/C19H14BrN5O2/c20-15-5-3-14-9-16(6-4-13(14)8-15)27-10-18(26)24-17-2-1-7-22-19(17)25-12-21-11-23-25/h1-9,11-12H,10H2,(H,24,26). The second-order valence-corrected chi connectivity index (χ2v) is 6.62. The van der Waals surface area contributed by atoms with Crippen LogP contribution in [0.5, 0.6) is 5.75 Å². The maximum atomic E-state index is 12.3. The molecular weight excluding hydrogens is 410 g/mol. The number of ether oxygens (including phenoxy) is 1. The average molecular weight is 424 g/mol. The largest absolute Gasteiger partial charge is 0.484 e. The first-order valence-electron chi connectivity index (χ1n) is 8.11. The van der Waals surface area contributed by atoms with Crippen molar-refractivity contribution < 1.29 is 9.53 Å². The quantitative estimate of drug-likeness (QED) is 0.530. The van der Waals surface area contributed by atoms with Gasteiger partial charge >= 0.3 is 0 Å². The van der Waals surface area contributed by atoms with Crippen LogP contribution in [-0.2, 0) is 4.79 Å². The zero-order chi connectivity index (χ0) is 18.6. The van der Waals surface area contributed by atoms with E-state index in [0.29, 0.717) is 17.3 Å². The predicted octanol–water partition coefficient (Wildman–Crippen LogP) is 3.60. The molecule has 134 valence electrons. The molecule has 4 aromatic rings. The van der Waals surface area contributed by atoms with Gasteiger partial charge < -0.3 is 10.1 Å². The Morgan fingerprint density at radius 2 is 2.00 bits per heavy atom. The van der Waals surface area contributed by atoms with Gasteiger partial charge in [0.05, 0.1) is 5.69 Å². The highest BCUT2D eigenvalue weighted by atomic mass is 79.9. The lowest BCUT2D eigenvalue weighted by Crippen LogP contribution is -2.21. The van der Waals surface area contributed by atoms with Crippen molar-refractivity contribution in [2.45, 2.75) is 0 Å². The number of benzene rings is 2. The van der Waals surface area contributed by atoms with Gasteiger partial charge in [-0.25, -0.2) is 14.6 Å². The fraction of sp³-hybridized carbons (Fsp3) is 0.0526. The van der Waals surface area contributed by atoms with Gasteiger partial charge in [-0.05, 0) is 47.2 Å². The van der Waals surface area contributed by atoms with E-state index in [4.69, 9.17) is 4.74 Å². The molecule has 2 aromatic carbocycles. The van der Waals surface area contributed by atoms with Crippen molar-refractivity contribution in [1.82, 2.24) is 19.7 Å². The second-order valence-electron chi connectivity index (χ2n) is 5.70. The summed E-state index contributed by atoms with van der Waals surface area (Å²) in [5.74, 6) is 0.822. The van der Waals surface area contributed by atoms with Crippen LogP contribution in [0.1, 0.15) is 0 Å². The maximum absolute atomic E-state index is 12.3. The number of carbonyl (C=O) groups is 1. The molecule has 0 aliphatic heterocycles. The number of anilines is 1. The molecule has 0 fully saturated rings. The third kappa shape index (κ3) is 3.95. The average Bonchev–Trinajstić information content (AvgIpc) is 3.21. The number of hydrogen-bond acceptors (Lipinski definition) is 5. The molecule has 0 aliphatic carbocycles. The van der Waals surface area contributed by atoms with Gasteiger partial charge in [0.15, 0.2) is 12.4 Å². The monoisotopic (exact) mass is 423 g/mol. The summed E-state index contributed by atoms with van der Waals surface area (Å²) >= 11 is 3.45. The minimum atomic E-state index is -0.291. The van der Waals surface area contributed by atoms with Crippen molar-refractivity contribution in [3.63, 3.8) is 0 Å². The summed E-state index contributed by atoms with van der Waals surface area (Å²) in [7, 11) is 0. The summed E-state index contributed by atoms with van der Waals surface area (Å²) in [6, 6.07) is 15.2. The Bertz CT molecular complexity index is 1100. The molecule has 0 saturated carbocycles. The van der Waals surface area contributed by atoms with Crippen LogP contribution in [0, 0.1) is 0 Å². The first-order chi connectivity index (χ1) is 13.2. The number of rotatable bonds is 5. The molecule has 2 aromatic heterocycles. The number of carbonyl (C=O) groups excluding carboxylic acids is 1. The number of hydrogen-bond donors (Lipinski definition) is 1. The van der Waals surface area contributed by atoms with Crippen LogP contribution >= 0.6 is 15.9 Å². The van der Waals surface area contributed by atoms with Crippen LogP contribution in [0.25, 0.3) is 16.6 Å². The molecule has 0 radical (unpaired) electrons. The number of halogens is 1. The summed E-state index contributed by atoms with van der Waals surface area (Å²) in [5, 5.41) is 8.96. The van der Waals surface area contributed by atoms with Crippen LogP contribution < -0.4 is 10.1 Å². The molecule has 8 heteroatoms. The van der Waals surface area contributed by atoms with Crippen LogP contribution in [0.4, 0.5) is 5.69 Å². The summed E-state index contributed by atoms with van der Waals surface area (Å²) < 4.78 is 8.13. The SMILES string of the molecule is O=C(COc1ccc2cc(Br)ccc2c1)Nc1cccnc1-n1cncn1. The second kappa shape index (κ2) is 7.55. The van der Waals surface area contributed by atoms with Crippen molar-refractivity contribution >= 4 is 38.3 Å². The summed E-state index contributed by atoms with van der Waals surface area (Å²) in [6.07, 6.45) is 4.54. The summed E-state index contributed by atoms with van der Waals surface area (Å²) in [6.45, 7) is -0.117. The molecule has 0 aliphatic rings. The first kappa shape index (κ1) is 17.2. The molecular formula is C19H14BrN5O2. The van der Waals surface area contributed by atoms with Gasteiger partial charge in [-0.2, -0.15) is 5.10 Å². The van der Waals surface area contributed by atoms with E-state index >= 15 is 0 Å². The Labute approximate surface area is 163 Å². The van der Waals surface area contributed by atoms with E-state index in [1.54, 1.807) is 18.3 Å². The summed E-state index contributed by atoms with van der Waals surface area (Å²) in [5.41, 5.74) is 0.528. The lowest BCUT2D eigenvalue weighted by molar-refractivity contribution is -0.118. The normalized spacial score (nSPS) is 10.7. The molecule has 0 atom stereocenters. The van der Waals surface area contributed by atoms with E-state index < -0.39 is 0 Å². The zero-order valence-electron chi connectivity index (χ0n) is 14.0. The number of aromatic nitrogens is 4. The van der Waals surface area contributed by atoms with E-state index in [1.165, 1.54) is 17.3 Å². The third-order valence-corrected chi connectivity index (χ3v) is 4.33.